The van der Waals surface area contributed by atoms with Crippen molar-refractivity contribution in [3.05, 3.63) is 95.3 Å². The molecule has 1 aliphatic rings. The van der Waals surface area contributed by atoms with E-state index >= 15 is 0 Å². The molecule has 0 bridgehead atoms. The lowest BCUT2D eigenvalue weighted by Gasteiger charge is -2.26. The maximum atomic E-state index is 14.0. The minimum atomic E-state index is -1.72. The van der Waals surface area contributed by atoms with Crippen LogP contribution in [0.4, 0.5) is 9.18 Å². The zero-order valence-corrected chi connectivity index (χ0v) is 17.0. The SMILES string of the molecule is C[C@](Cc1ccccc1F)(NC(=O)OCC1c2ccccc2-c2ccccc21)C(=O)O. The van der Waals surface area contributed by atoms with E-state index < -0.39 is 23.4 Å². The number of rotatable bonds is 6. The highest BCUT2D eigenvalue weighted by Gasteiger charge is 2.37. The van der Waals surface area contributed by atoms with E-state index in [1.165, 1.54) is 25.1 Å². The highest BCUT2D eigenvalue weighted by molar-refractivity contribution is 5.84. The van der Waals surface area contributed by atoms with E-state index in [0.717, 1.165) is 22.3 Å². The molecule has 5 nitrogen and oxygen atoms in total. The molecule has 0 fully saturated rings. The van der Waals surface area contributed by atoms with Crippen molar-refractivity contribution < 1.29 is 23.8 Å². The fourth-order valence-corrected chi connectivity index (χ4v) is 4.06. The summed E-state index contributed by atoms with van der Waals surface area (Å²) in [6, 6.07) is 21.8. The van der Waals surface area contributed by atoms with Gasteiger partial charge in [-0.2, -0.15) is 0 Å². The maximum absolute atomic E-state index is 14.0. The predicted molar refractivity (Wildman–Crippen MR) is 114 cm³/mol. The quantitative estimate of drug-likeness (QED) is 0.605. The number of hydrogen-bond donors (Lipinski definition) is 2. The van der Waals surface area contributed by atoms with Gasteiger partial charge in [0.2, 0.25) is 0 Å². The third-order valence-electron chi connectivity index (χ3n) is 5.70. The summed E-state index contributed by atoms with van der Waals surface area (Å²) in [4.78, 5) is 24.4. The van der Waals surface area contributed by atoms with Crippen molar-refractivity contribution in [2.24, 2.45) is 0 Å². The number of aliphatic carboxylic acids is 1. The smallest absolute Gasteiger partial charge is 0.408 e. The van der Waals surface area contributed by atoms with Crippen molar-refractivity contribution in [2.45, 2.75) is 24.8 Å². The van der Waals surface area contributed by atoms with E-state index in [1.807, 2.05) is 48.5 Å². The summed E-state index contributed by atoms with van der Waals surface area (Å²) in [6.07, 6.45) is -1.07. The Morgan fingerprint density at radius 3 is 2.10 bits per heavy atom. The van der Waals surface area contributed by atoms with Crippen molar-refractivity contribution in [3.63, 3.8) is 0 Å². The van der Waals surface area contributed by atoms with Crippen LogP contribution in [0.3, 0.4) is 0 Å². The van der Waals surface area contributed by atoms with Gasteiger partial charge in [0.1, 0.15) is 18.0 Å². The average molecular weight is 419 g/mol. The fourth-order valence-electron chi connectivity index (χ4n) is 4.06. The molecule has 0 aromatic heterocycles. The average Bonchev–Trinajstić information content (AvgIpc) is 3.08. The van der Waals surface area contributed by atoms with Gasteiger partial charge < -0.3 is 15.2 Å². The Hall–Kier alpha value is -3.67. The Morgan fingerprint density at radius 2 is 1.52 bits per heavy atom. The molecule has 1 aliphatic carbocycles. The predicted octanol–water partition coefficient (Wildman–Crippen LogP) is 4.75. The first-order valence-corrected chi connectivity index (χ1v) is 9.99. The number of carboxylic acids is 1. The van der Waals surface area contributed by atoms with Crippen LogP contribution < -0.4 is 5.32 Å². The molecule has 3 aromatic rings. The standard InChI is InChI=1S/C25H22FNO4/c1-25(23(28)29,14-16-8-2-7-13-22(16)26)27-24(30)31-15-21-19-11-5-3-9-17(19)18-10-4-6-12-20(18)21/h2-13,21H,14-15H2,1H3,(H,27,30)(H,28,29)/t25-/m1/s1. The monoisotopic (exact) mass is 419 g/mol. The molecular formula is C25H22FNO4. The molecule has 1 atom stereocenters. The van der Waals surface area contributed by atoms with Crippen LogP contribution in [-0.2, 0) is 16.0 Å². The number of ether oxygens (including phenoxy) is 1. The van der Waals surface area contributed by atoms with Crippen LogP contribution in [0, 0.1) is 5.82 Å². The molecule has 0 aliphatic heterocycles. The first-order chi connectivity index (χ1) is 14.9. The van der Waals surface area contributed by atoms with Crippen LogP contribution >= 0.6 is 0 Å². The second-order valence-corrected chi connectivity index (χ2v) is 7.86. The largest absolute Gasteiger partial charge is 0.480 e. The molecule has 2 N–H and O–H groups in total. The summed E-state index contributed by atoms with van der Waals surface area (Å²) in [7, 11) is 0. The third-order valence-corrected chi connectivity index (χ3v) is 5.70. The number of carboxylic acid groups (broad SMARTS) is 1. The summed E-state index contributed by atoms with van der Waals surface area (Å²) < 4.78 is 19.5. The van der Waals surface area contributed by atoms with E-state index in [4.69, 9.17) is 4.74 Å². The van der Waals surface area contributed by atoms with Gasteiger partial charge in [-0.05, 0) is 40.8 Å². The Labute approximate surface area is 179 Å². The Kier molecular flexibility index (Phi) is 5.46. The molecule has 0 radical (unpaired) electrons. The lowest BCUT2D eigenvalue weighted by Crippen LogP contribution is -2.54. The van der Waals surface area contributed by atoms with Crippen LogP contribution in [0.15, 0.2) is 72.8 Å². The van der Waals surface area contributed by atoms with Crippen LogP contribution in [0.5, 0.6) is 0 Å². The van der Waals surface area contributed by atoms with Gasteiger partial charge in [0.25, 0.3) is 0 Å². The number of hydrogen-bond acceptors (Lipinski definition) is 3. The number of nitrogens with one attached hydrogen (secondary N) is 1. The maximum Gasteiger partial charge on any atom is 0.408 e. The zero-order chi connectivity index (χ0) is 22.0. The van der Waals surface area contributed by atoms with Gasteiger partial charge in [-0.1, -0.05) is 66.7 Å². The number of halogens is 1. The summed E-state index contributed by atoms with van der Waals surface area (Å²) >= 11 is 0. The van der Waals surface area contributed by atoms with Crippen molar-refractivity contribution in [3.8, 4) is 11.1 Å². The molecule has 1 amide bonds. The Bertz CT molecular complexity index is 1100. The fraction of sp³-hybridized carbons (Fsp3) is 0.200. The number of alkyl carbamates (subject to hydrolysis) is 1. The number of carbonyl (C=O) groups excluding carboxylic acids is 1. The molecule has 31 heavy (non-hydrogen) atoms. The number of benzene rings is 3. The second-order valence-electron chi connectivity index (χ2n) is 7.86. The van der Waals surface area contributed by atoms with E-state index in [9.17, 15) is 19.1 Å². The van der Waals surface area contributed by atoms with Gasteiger partial charge in [0, 0.05) is 12.3 Å². The van der Waals surface area contributed by atoms with Gasteiger partial charge in [0.15, 0.2) is 0 Å². The van der Waals surface area contributed by atoms with E-state index in [2.05, 4.69) is 5.32 Å². The molecule has 0 saturated heterocycles. The Balaban J connectivity index is 1.48. The second kappa shape index (κ2) is 8.22. The minimum Gasteiger partial charge on any atom is -0.480 e. The Morgan fingerprint density at radius 1 is 0.968 bits per heavy atom. The molecule has 158 valence electrons. The van der Waals surface area contributed by atoms with Crippen LogP contribution in [-0.4, -0.2) is 29.3 Å². The topological polar surface area (TPSA) is 75.6 Å². The molecule has 0 unspecified atom stereocenters. The van der Waals surface area contributed by atoms with Crippen molar-refractivity contribution in [1.82, 2.24) is 5.32 Å². The lowest BCUT2D eigenvalue weighted by atomic mass is 9.92. The van der Waals surface area contributed by atoms with Crippen molar-refractivity contribution >= 4 is 12.1 Å². The molecule has 0 spiro atoms. The third kappa shape index (κ3) is 4.01. The molecule has 4 rings (SSSR count). The minimum absolute atomic E-state index is 0.0647. The molecule has 0 heterocycles. The highest BCUT2D eigenvalue weighted by atomic mass is 19.1. The molecule has 3 aromatic carbocycles. The lowest BCUT2D eigenvalue weighted by molar-refractivity contribution is -0.143. The van der Waals surface area contributed by atoms with E-state index in [1.54, 1.807) is 6.07 Å². The van der Waals surface area contributed by atoms with E-state index in [-0.39, 0.29) is 24.5 Å². The first-order valence-electron chi connectivity index (χ1n) is 9.99. The zero-order valence-electron chi connectivity index (χ0n) is 17.0. The first kappa shape index (κ1) is 20.6. The summed E-state index contributed by atoms with van der Waals surface area (Å²) in [5, 5.41) is 12.1. The highest BCUT2D eigenvalue weighted by Crippen LogP contribution is 2.44. The molecule has 6 heteroatoms. The summed E-state index contributed by atoms with van der Waals surface area (Å²) in [6.45, 7) is 1.40. The number of fused-ring (bicyclic) bond motifs is 3. The van der Waals surface area contributed by atoms with E-state index in [0.29, 0.717) is 0 Å². The normalized spacial score (nSPS) is 14.3. The van der Waals surface area contributed by atoms with Gasteiger partial charge in [-0.15, -0.1) is 0 Å². The molecular weight excluding hydrogens is 397 g/mol. The van der Waals surface area contributed by atoms with Crippen LogP contribution in [0.2, 0.25) is 0 Å². The van der Waals surface area contributed by atoms with Gasteiger partial charge in [-0.3, -0.25) is 0 Å². The van der Waals surface area contributed by atoms with Crippen molar-refractivity contribution in [2.75, 3.05) is 6.61 Å². The van der Waals surface area contributed by atoms with Crippen molar-refractivity contribution in [1.29, 1.82) is 0 Å². The van der Waals surface area contributed by atoms with Gasteiger partial charge in [-0.25, -0.2) is 14.0 Å². The van der Waals surface area contributed by atoms with Gasteiger partial charge in [0.05, 0.1) is 0 Å². The summed E-state index contributed by atoms with van der Waals surface area (Å²) in [5.74, 6) is -1.94. The molecule has 0 saturated carbocycles. The number of amides is 1. The van der Waals surface area contributed by atoms with Gasteiger partial charge >= 0.3 is 12.1 Å². The van der Waals surface area contributed by atoms with Crippen LogP contribution in [0.25, 0.3) is 11.1 Å². The van der Waals surface area contributed by atoms with Crippen LogP contribution in [0.1, 0.15) is 29.5 Å². The number of carbonyl (C=O) groups is 2. The summed E-state index contributed by atoms with van der Waals surface area (Å²) in [5.41, 5.74) is 2.80.